The summed E-state index contributed by atoms with van der Waals surface area (Å²) in [5.74, 6) is -2.18. The average Bonchev–Trinajstić information content (AvgIpc) is 2.08. The molecular formula is C7H7KO5. The number of hydrogen-bond donors (Lipinski definition) is 3. The Labute approximate surface area is 116 Å². The van der Waals surface area contributed by atoms with Crippen molar-refractivity contribution in [2.24, 2.45) is 0 Å². The van der Waals surface area contributed by atoms with Gasteiger partial charge in [0.25, 0.3) is 0 Å². The Bertz CT molecular complexity index is 312. The molecule has 0 saturated heterocycles. The van der Waals surface area contributed by atoms with Crippen LogP contribution in [0.3, 0.4) is 0 Å². The number of carbonyl (C=O) groups excluding carboxylic acids is 1. The summed E-state index contributed by atoms with van der Waals surface area (Å²) in [5, 5.41) is 25.9. The fraction of sp³-hybridized carbons (Fsp3) is 0. The van der Waals surface area contributed by atoms with Gasteiger partial charge in [-0.05, 0) is 12.1 Å². The summed E-state index contributed by atoms with van der Waals surface area (Å²) in [5.41, 5.74) is -0.294. The van der Waals surface area contributed by atoms with E-state index in [-0.39, 0.29) is 56.9 Å². The predicted molar refractivity (Wildman–Crippen MR) is 45.0 cm³/mol. The molecule has 0 amide bonds. The van der Waals surface area contributed by atoms with Crippen molar-refractivity contribution in [2.45, 2.75) is 0 Å². The summed E-state index contributed by atoms with van der Waals surface area (Å²) in [6.07, 6.45) is 0. The monoisotopic (exact) mass is 210 g/mol. The summed E-state index contributed by atoms with van der Waals surface area (Å²) < 4.78 is 0. The maximum absolute atomic E-state index is 10.6. The molecule has 1 rings (SSSR count). The van der Waals surface area contributed by atoms with Gasteiger partial charge in [-0.15, -0.1) is 0 Å². The second-order valence-electron chi connectivity index (χ2n) is 2.05. The van der Waals surface area contributed by atoms with Gasteiger partial charge in [0.05, 0.1) is 0 Å². The molecule has 6 heteroatoms. The molecule has 0 bridgehead atoms. The Hall–Kier alpha value is -0.114. The molecule has 0 fully saturated rings. The SMILES string of the molecule is O=C(OO)c1cccc(O)c1O.[KH]. The zero-order valence-corrected chi connectivity index (χ0v) is 5.89. The van der Waals surface area contributed by atoms with Crippen LogP contribution in [-0.2, 0) is 4.89 Å². The van der Waals surface area contributed by atoms with E-state index in [1.807, 2.05) is 0 Å². The summed E-state index contributed by atoms with van der Waals surface area (Å²) >= 11 is 0. The van der Waals surface area contributed by atoms with Crippen LogP contribution in [0.15, 0.2) is 18.2 Å². The Balaban J connectivity index is 0.00000144. The third-order valence-electron chi connectivity index (χ3n) is 1.32. The van der Waals surface area contributed by atoms with E-state index in [0.717, 1.165) is 0 Å². The van der Waals surface area contributed by atoms with Crippen molar-refractivity contribution in [3.05, 3.63) is 23.8 Å². The molecule has 66 valence electrons. The van der Waals surface area contributed by atoms with E-state index in [1.165, 1.54) is 18.2 Å². The molecule has 0 aliphatic heterocycles. The third-order valence-corrected chi connectivity index (χ3v) is 1.32. The van der Waals surface area contributed by atoms with Crippen molar-refractivity contribution in [2.75, 3.05) is 0 Å². The molecule has 5 nitrogen and oxygen atoms in total. The van der Waals surface area contributed by atoms with Gasteiger partial charge in [0.1, 0.15) is 5.56 Å². The molecule has 0 aromatic heterocycles. The molecule has 0 atom stereocenters. The van der Waals surface area contributed by atoms with Crippen molar-refractivity contribution in [1.82, 2.24) is 0 Å². The Morgan fingerprint density at radius 3 is 2.46 bits per heavy atom. The second-order valence-corrected chi connectivity index (χ2v) is 2.05. The van der Waals surface area contributed by atoms with Crippen molar-refractivity contribution < 1.29 is 25.2 Å². The van der Waals surface area contributed by atoms with Gasteiger partial charge in [0.2, 0.25) is 0 Å². The molecule has 1 aromatic rings. The number of hydrogen-bond acceptors (Lipinski definition) is 5. The van der Waals surface area contributed by atoms with E-state index in [1.54, 1.807) is 0 Å². The fourth-order valence-electron chi connectivity index (χ4n) is 0.745. The topological polar surface area (TPSA) is 87.0 Å². The molecule has 0 spiro atoms. The van der Waals surface area contributed by atoms with Gasteiger partial charge in [0.15, 0.2) is 11.5 Å². The number of rotatable bonds is 1. The number of aromatic hydroxyl groups is 2. The standard InChI is InChI=1S/C7H6O5.K.H/c8-5-3-1-2-4(6(5)9)7(10)12-11;;/h1-3,8-9,11H;;. The Kier molecular flexibility index (Phi) is 5.53. The zero-order valence-electron chi connectivity index (χ0n) is 5.89. The molecule has 0 aliphatic carbocycles. The van der Waals surface area contributed by atoms with Crippen LogP contribution in [0.25, 0.3) is 0 Å². The van der Waals surface area contributed by atoms with Crippen molar-refractivity contribution in [3.8, 4) is 11.5 Å². The normalized spacial score (nSPS) is 8.69. The Morgan fingerprint density at radius 1 is 1.31 bits per heavy atom. The van der Waals surface area contributed by atoms with E-state index < -0.39 is 17.5 Å². The molecule has 0 heterocycles. The zero-order chi connectivity index (χ0) is 9.14. The van der Waals surface area contributed by atoms with E-state index in [2.05, 4.69) is 4.89 Å². The van der Waals surface area contributed by atoms with E-state index >= 15 is 0 Å². The van der Waals surface area contributed by atoms with Gasteiger partial charge in [-0.25, -0.2) is 4.79 Å². The average molecular weight is 210 g/mol. The molecule has 0 radical (unpaired) electrons. The molecule has 3 N–H and O–H groups in total. The van der Waals surface area contributed by atoms with Gasteiger partial charge >= 0.3 is 57.4 Å². The summed E-state index contributed by atoms with van der Waals surface area (Å²) in [4.78, 5) is 14.0. The molecule has 13 heavy (non-hydrogen) atoms. The van der Waals surface area contributed by atoms with E-state index in [9.17, 15) is 4.79 Å². The van der Waals surface area contributed by atoms with Crippen molar-refractivity contribution in [3.63, 3.8) is 0 Å². The van der Waals surface area contributed by atoms with E-state index in [0.29, 0.717) is 0 Å². The van der Waals surface area contributed by atoms with Crippen LogP contribution in [0, 0.1) is 0 Å². The molecule has 1 aromatic carbocycles. The van der Waals surface area contributed by atoms with Gasteiger partial charge in [0, 0.05) is 0 Å². The van der Waals surface area contributed by atoms with Gasteiger partial charge in [-0.3, -0.25) is 4.89 Å². The Morgan fingerprint density at radius 2 is 1.92 bits per heavy atom. The van der Waals surface area contributed by atoms with Crippen LogP contribution >= 0.6 is 0 Å². The first-order chi connectivity index (χ1) is 5.66. The number of carbonyl (C=O) groups is 1. The minimum absolute atomic E-state index is 0. The molecule has 0 unspecified atom stereocenters. The molecule has 0 saturated carbocycles. The van der Waals surface area contributed by atoms with Crippen LogP contribution in [0.2, 0.25) is 0 Å². The first-order valence-corrected chi connectivity index (χ1v) is 3.03. The van der Waals surface area contributed by atoms with Crippen LogP contribution in [0.1, 0.15) is 10.4 Å². The van der Waals surface area contributed by atoms with Gasteiger partial charge in [-0.2, -0.15) is 5.26 Å². The summed E-state index contributed by atoms with van der Waals surface area (Å²) in [7, 11) is 0. The summed E-state index contributed by atoms with van der Waals surface area (Å²) in [6, 6.07) is 3.73. The first-order valence-electron chi connectivity index (χ1n) is 3.03. The fourth-order valence-corrected chi connectivity index (χ4v) is 0.745. The summed E-state index contributed by atoms with van der Waals surface area (Å²) in [6.45, 7) is 0. The van der Waals surface area contributed by atoms with Crippen molar-refractivity contribution >= 4 is 57.4 Å². The predicted octanol–water partition coefficient (Wildman–Crippen LogP) is 0.0791. The number of phenolic OH excluding ortho intramolecular Hbond substituents is 2. The van der Waals surface area contributed by atoms with Gasteiger partial charge in [-0.1, -0.05) is 6.07 Å². The number of benzene rings is 1. The first kappa shape index (κ1) is 12.9. The number of phenols is 2. The van der Waals surface area contributed by atoms with Crippen LogP contribution in [0.4, 0.5) is 0 Å². The van der Waals surface area contributed by atoms with Gasteiger partial charge < -0.3 is 10.2 Å². The maximum atomic E-state index is 10.6. The second kappa shape index (κ2) is 5.58. The quantitative estimate of drug-likeness (QED) is 0.264. The van der Waals surface area contributed by atoms with Crippen LogP contribution < -0.4 is 0 Å². The van der Waals surface area contributed by atoms with Crippen molar-refractivity contribution in [1.29, 1.82) is 0 Å². The van der Waals surface area contributed by atoms with E-state index in [4.69, 9.17) is 15.5 Å². The van der Waals surface area contributed by atoms with Crippen LogP contribution in [0.5, 0.6) is 11.5 Å². The van der Waals surface area contributed by atoms with Crippen LogP contribution in [-0.4, -0.2) is 72.8 Å². The molecular weight excluding hydrogens is 203 g/mol. The number of para-hydroxylation sites is 1. The third kappa shape index (κ3) is 2.94. The minimum atomic E-state index is -1.12. The molecule has 0 aliphatic rings.